The molecule has 88 valence electrons. The highest BCUT2D eigenvalue weighted by atomic mass is 16.4. The average Bonchev–Trinajstić information content (AvgIpc) is 2.17. The Morgan fingerprint density at radius 3 is 2.44 bits per heavy atom. The van der Waals surface area contributed by atoms with Gasteiger partial charge < -0.3 is 15.9 Å². The van der Waals surface area contributed by atoms with Crippen molar-refractivity contribution in [3.05, 3.63) is 35.4 Å². The molecule has 0 spiro atoms. The maximum Gasteiger partial charge on any atom is 0.312 e. The fourth-order valence-corrected chi connectivity index (χ4v) is 1.72. The first-order valence-electron chi connectivity index (χ1n) is 5.12. The number of carboxylic acids is 1. The predicted octanol–water partition coefficient (Wildman–Crippen LogP) is 1.04. The number of carboxylic acid groups (broad SMARTS) is 1. The van der Waals surface area contributed by atoms with E-state index in [0.29, 0.717) is 11.1 Å². The standard InChI is InChI=1S/C12H17NO3/c1-12(2,16)10-6-4-3-5-8(10)9(7-13)11(14)15/h3-6,9,16H,7,13H2,1-2H3,(H,14,15). The highest BCUT2D eigenvalue weighted by molar-refractivity contribution is 5.77. The second-order valence-corrected chi connectivity index (χ2v) is 4.27. The minimum Gasteiger partial charge on any atom is -0.481 e. The van der Waals surface area contributed by atoms with Crippen molar-refractivity contribution in [2.45, 2.75) is 25.4 Å². The summed E-state index contributed by atoms with van der Waals surface area (Å²) in [4.78, 5) is 11.0. The van der Waals surface area contributed by atoms with E-state index in [-0.39, 0.29) is 6.54 Å². The number of hydrogen-bond acceptors (Lipinski definition) is 3. The molecule has 0 aliphatic rings. The highest BCUT2D eigenvalue weighted by Gasteiger charge is 2.26. The van der Waals surface area contributed by atoms with Gasteiger partial charge in [0, 0.05) is 6.54 Å². The van der Waals surface area contributed by atoms with Crippen LogP contribution >= 0.6 is 0 Å². The molecular weight excluding hydrogens is 206 g/mol. The number of benzene rings is 1. The Morgan fingerprint density at radius 1 is 1.44 bits per heavy atom. The Balaban J connectivity index is 3.27. The first kappa shape index (κ1) is 12.7. The lowest BCUT2D eigenvalue weighted by Crippen LogP contribution is -2.26. The van der Waals surface area contributed by atoms with Crippen molar-refractivity contribution in [3.63, 3.8) is 0 Å². The lowest BCUT2D eigenvalue weighted by Gasteiger charge is -2.24. The van der Waals surface area contributed by atoms with Crippen LogP contribution in [-0.2, 0) is 10.4 Å². The number of nitrogens with two attached hydrogens (primary N) is 1. The zero-order chi connectivity index (χ0) is 12.3. The van der Waals surface area contributed by atoms with Gasteiger partial charge in [-0.15, -0.1) is 0 Å². The Kier molecular flexibility index (Phi) is 3.67. The van der Waals surface area contributed by atoms with Gasteiger partial charge in [0.15, 0.2) is 0 Å². The van der Waals surface area contributed by atoms with Crippen LogP contribution in [-0.4, -0.2) is 22.7 Å². The van der Waals surface area contributed by atoms with E-state index in [2.05, 4.69) is 0 Å². The van der Waals surface area contributed by atoms with Crippen LogP contribution in [0.5, 0.6) is 0 Å². The van der Waals surface area contributed by atoms with Crippen LogP contribution in [0.15, 0.2) is 24.3 Å². The third-order valence-electron chi connectivity index (χ3n) is 2.53. The molecule has 0 bridgehead atoms. The average molecular weight is 223 g/mol. The third-order valence-corrected chi connectivity index (χ3v) is 2.53. The minimum atomic E-state index is -1.07. The molecule has 1 rings (SSSR count). The van der Waals surface area contributed by atoms with Crippen LogP contribution in [0.2, 0.25) is 0 Å². The van der Waals surface area contributed by atoms with Crippen molar-refractivity contribution in [3.8, 4) is 0 Å². The molecule has 1 aromatic carbocycles. The van der Waals surface area contributed by atoms with Crippen molar-refractivity contribution in [2.24, 2.45) is 5.73 Å². The first-order valence-corrected chi connectivity index (χ1v) is 5.12. The van der Waals surface area contributed by atoms with E-state index >= 15 is 0 Å². The van der Waals surface area contributed by atoms with E-state index in [9.17, 15) is 9.90 Å². The Labute approximate surface area is 94.7 Å². The molecule has 0 amide bonds. The zero-order valence-electron chi connectivity index (χ0n) is 9.47. The monoisotopic (exact) mass is 223 g/mol. The number of aliphatic hydroxyl groups is 1. The van der Waals surface area contributed by atoms with Gasteiger partial charge in [-0.2, -0.15) is 0 Å². The second kappa shape index (κ2) is 4.63. The molecule has 1 atom stereocenters. The van der Waals surface area contributed by atoms with Crippen molar-refractivity contribution in [2.75, 3.05) is 6.54 Å². The van der Waals surface area contributed by atoms with Crippen molar-refractivity contribution in [1.29, 1.82) is 0 Å². The topological polar surface area (TPSA) is 83.5 Å². The van der Waals surface area contributed by atoms with E-state index in [0.717, 1.165) is 0 Å². The molecule has 4 N–H and O–H groups in total. The molecule has 0 saturated carbocycles. The van der Waals surface area contributed by atoms with Crippen LogP contribution in [0.25, 0.3) is 0 Å². The van der Waals surface area contributed by atoms with Crippen LogP contribution < -0.4 is 5.73 Å². The molecule has 1 aromatic rings. The molecule has 4 heteroatoms. The predicted molar refractivity (Wildman–Crippen MR) is 61.1 cm³/mol. The Morgan fingerprint density at radius 2 is 2.00 bits per heavy atom. The normalized spacial score (nSPS) is 13.5. The van der Waals surface area contributed by atoms with Crippen molar-refractivity contribution < 1.29 is 15.0 Å². The van der Waals surface area contributed by atoms with Crippen LogP contribution in [0.1, 0.15) is 30.9 Å². The molecule has 0 radical (unpaired) electrons. The molecule has 1 unspecified atom stereocenters. The molecule has 0 aromatic heterocycles. The van der Waals surface area contributed by atoms with Crippen LogP contribution in [0.3, 0.4) is 0 Å². The fourth-order valence-electron chi connectivity index (χ4n) is 1.72. The van der Waals surface area contributed by atoms with Gasteiger partial charge in [0.05, 0.1) is 11.5 Å². The molecule has 16 heavy (non-hydrogen) atoms. The lowest BCUT2D eigenvalue weighted by atomic mass is 9.86. The van der Waals surface area contributed by atoms with E-state index in [1.165, 1.54) is 0 Å². The first-order chi connectivity index (χ1) is 7.38. The summed E-state index contributed by atoms with van der Waals surface area (Å²) in [5.41, 5.74) is 5.56. The Hall–Kier alpha value is -1.39. The zero-order valence-corrected chi connectivity index (χ0v) is 9.47. The lowest BCUT2D eigenvalue weighted by molar-refractivity contribution is -0.138. The van der Waals surface area contributed by atoms with Gasteiger partial charge in [0.25, 0.3) is 0 Å². The van der Waals surface area contributed by atoms with Crippen molar-refractivity contribution in [1.82, 2.24) is 0 Å². The summed E-state index contributed by atoms with van der Waals surface area (Å²) < 4.78 is 0. The van der Waals surface area contributed by atoms with E-state index in [1.54, 1.807) is 38.1 Å². The smallest absolute Gasteiger partial charge is 0.312 e. The second-order valence-electron chi connectivity index (χ2n) is 4.27. The summed E-state index contributed by atoms with van der Waals surface area (Å²) in [6, 6.07) is 6.93. The van der Waals surface area contributed by atoms with Gasteiger partial charge in [0.1, 0.15) is 0 Å². The van der Waals surface area contributed by atoms with E-state index in [4.69, 9.17) is 10.8 Å². The van der Waals surface area contributed by atoms with Crippen LogP contribution in [0, 0.1) is 0 Å². The van der Waals surface area contributed by atoms with Gasteiger partial charge in [-0.3, -0.25) is 4.79 Å². The summed E-state index contributed by atoms with van der Waals surface area (Å²) in [6.45, 7) is 3.27. The summed E-state index contributed by atoms with van der Waals surface area (Å²) in [5.74, 6) is -1.75. The molecule has 0 heterocycles. The summed E-state index contributed by atoms with van der Waals surface area (Å²) in [7, 11) is 0. The van der Waals surface area contributed by atoms with Gasteiger partial charge in [0.2, 0.25) is 0 Å². The maximum atomic E-state index is 11.0. The molecule has 0 aliphatic heterocycles. The van der Waals surface area contributed by atoms with Crippen LogP contribution in [0.4, 0.5) is 0 Å². The Bertz CT molecular complexity index is 382. The summed E-state index contributed by atoms with van der Waals surface area (Å²) in [6.07, 6.45) is 0. The number of rotatable bonds is 4. The SMILES string of the molecule is CC(C)(O)c1ccccc1C(CN)C(=O)O. The molecule has 0 fully saturated rings. The van der Waals surface area contributed by atoms with E-state index in [1.807, 2.05) is 0 Å². The largest absolute Gasteiger partial charge is 0.481 e. The van der Waals surface area contributed by atoms with Gasteiger partial charge >= 0.3 is 5.97 Å². The fraction of sp³-hybridized carbons (Fsp3) is 0.417. The molecule has 0 saturated heterocycles. The molecule has 4 nitrogen and oxygen atoms in total. The van der Waals surface area contributed by atoms with Gasteiger partial charge in [-0.25, -0.2) is 0 Å². The van der Waals surface area contributed by atoms with E-state index < -0.39 is 17.5 Å². The van der Waals surface area contributed by atoms with Gasteiger partial charge in [-0.1, -0.05) is 24.3 Å². The minimum absolute atomic E-state index is 0.0163. The van der Waals surface area contributed by atoms with Crippen molar-refractivity contribution >= 4 is 5.97 Å². The third kappa shape index (κ3) is 2.59. The summed E-state index contributed by atoms with van der Waals surface area (Å²) in [5, 5.41) is 19.0. The number of hydrogen-bond donors (Lipinski definition) is 3. The molecule has 0 aliphatic carbocycles. The number of aliphatic carboxylic acids is 1. The number of carbonyl (C=O) groups is 1. The maximum absolute atomic E-state index is 11.0. The molecular formula is C12H17NO3. The van der Waals surface area contributed by atoms with Gasteiger partial charge in [-0.05, 0) is 25.0 Å². The summed E-state index contributed by atoms with van der Waals surface area (Å²) >= 11 is 0. The quantitative estimate of drug-likeness (QED) is 0.712. The highest BCUT2D eigenvalue weighted by Crippen LogP contribution is 2.28.